The molecule has 17 nitrogen and oxygen atoms in total. The van der Waals surface area contributed by atoms with Crippen LogP contribution in [0, 0.1) is 0 Å². The Kier molecular flexibility index (Phi) is 16.8. The number of rotatable bonds is 16. The van der Waals surface area contributed by atoms with Crippen molar-refractivity contribution in [2.45, 2.75) is 67.7 Å². The van der Waals surface area contributed by atoms with Gasteiger partial charge in [0.1, 0.15) is 31.0 Å². The number of carbonyl (C=O) groups is 6. The standard InChI is InChI=1S/C61H50O17/c62-53(38-22-8-1-9-23-38)68-36-45-48(50(73-55(64)40-26-12-3-13-27-40)52(75-57(66)42-30-16-5-17-31-42)61(71-45)78-58(67)43-32-18-6-19-33-43)77-60-51(74-56(65)41-28-14-4-15-29-41)49(72-54(63)39-24-10-2-11-25-39)47-46(70-60)37-69-59(76-47)44-34-20-7-21-35-44/h1-35,45-52,59-61H,36-37H2/t45?,46?,47-,48-,49?,50?,51?,52?,59?,60+,61+/m1/s1. The van der Waals surface area contributed by atoms with Gasteiger partial charge in [-0.3, -0.25) is 0 Å². The van der Waals surface area contributed by atoms with Crippen LogP contribution in [0.3, 0.4) is 0 Å². The first-order valence-corrected chi connectivity index (χ1v) is 25.0. The minimum absolute atomic E-state index is 0.0459. The van der Waals surface area contributed by atoms with Crippen LogP contribution in [0.25, 0.3) is 0 Å². The third-order valence-electron chi connectivity index (χ3n) is 12.9. The van der Waals surface area contributed by atoms with Gasteiger partial charge in [-0.1, -0.05) is 140 Å². The van der Waals surface area contributed by atoms with Gasteiger partial charge in [-0.05, 0) is 72.8 Å². The molecule has 0 aliphatic carbocycles. The molecule has 396 valence electrons. The minimum atomic E-state index is -1.91. The van der Waals surface area contributed by atoms with Gasteiger partial charge in [0.15, 0.2) is 30.9 Å². The molecule has 3 fully saturated rings. The molecule has 7 unspecified atom stereocenters. The summed E-state index contributed by atoms with van der Waals surface area (Å²) in [4.78, 5) is 85.4. The fraction of sp³-hybridized carbons (Fsp3) is 0.213. The van der Waals surface area contributed by atoms with Crippen molar-refractivity contribution in [3.8, 4) is 0 Å². The Morgan fingerprint density at radius 3 is 1.15 bits per heavy atom. The van der Waals surface area contributed by atoms with E-state index in [-0.39, 0.29) is 40.0 Å². The first-order chi connectivity index (χ1) is 38.2. The lowest BCUT2D eigenvalue weighted by molar-refractivity contribution is -0.381. The molecule has 3 aliphatic heterocycles. The zero-order valence-corrected chi connectivity index (χ0v) is 41.4. The van der Waals surface area contributed by atoms with Crippen molar-refractivity contribution in [3.05, 3.63) is 251 Å². The molecule has 0 aromatic heterocycles. The summed E-state index contributed by atoms with van der Waals surface area (Å²) < 4.78 is 70.3. The smallest absolute Gasteiger partial charge is 0.340 e. The average Bonchev–Trinajstić information content (AvgIpc) is 3.59. The maximum absolute atomic E-state index is 14.5. The number of ether oxygens (including phenoxy) is 11. The molecule has 10 rings (SSSR count). The lowest BCUT2D eigenvalue weighted by atomic mass is 9.95. The number of fused-ring (bicyclic) bond motifs is 1. The van der Waals surface area contributed by atoms with Gasteiger partial charge in [0.25, 0.3) is 0 Å². The molecule has 0 bridgehead atoms. The van der Waals surface area contributed by atoms with Crippen molar-refractivity contribution >= 4 is 35.8 Å². The van der Waals surface area contributed by atoms with Crippen molar-refractivity contribution < 1.29 is 80.9 Å². The minimum Gasteiger partial charge on any atom is -0.459 e. The molecule has 0 amide bonds. The van der Waals surface area contributed by atoms with Crippen LogP contribution in [0.5, 0.6) is 0 Å². The molecule has 3 aliphatic rings. The summed E-state index contributed by atoms with van der Waals surface area (Å²) in [7, 11) is 0. The van der Waals surface area contributed by atoms with Crippen LogP contribution in [0.2, 0.25) is 0 Å². The maximum Gasteiger partial charge on any atom is 0.340 e. The second-order valence-corrected chi connectivity index (χ2v) is 18.0. The van der Waals surface area contributed by atoms with Crippen LogP contribution in [-0.4, -0.2) is 110 Å². The van der Waals surface area contributed by atoms with Gasteiger partial charge in [0.05, 0.1) is 40.0 Å². The molecule has 0 saturated carbocycles. The monoisotopic (exact) mass is 1050 g/mol. The van der Waals surface area contributed by atoms with E-state index in [1.807, 2.05) is 6.07 Å². The van der Waals surface area contributed by atoms with Gasteiger partial charge < -0.3 is 52.1 Å². The zero-order valence-electron chi connectivity index (χ0n) is 41.4. The fourth-order valence-electron chi connectivity index (χ4n) is 9.01. The van der Waals surface area contributed by atoms with E-state index in [9.17, 15) is 28.8 Å². The Labute approximate surface area is 447 Å². The average molecular weight is 1060 g/mol. The summed E-state index contributed by atoms with van der Waals surface area (Å²) in [5.41, 5.74) is 1.19. The SMILES string of the molecule is O=C(OCC1O[C@@H](OC(=O)c2ccccc2)C(OC(=O)c2ccccc2)C(OC(=O)c2ccccc2)[C@@H]1O[C@@H]1OC2COC(c3ccccc3)O[C@H]2C(OC(=O)c2ccccc2)C1OC(=O)c1ccccc1)c1ccccc1. The maximum atomic E-state index is 14.5. The highest BCUT2D eigenvalue weighted by Gasteiger charge is 2.59. The molecule has 11 atom stereocenters. The fourth-order valence-corrected chi connectivity index (χ4v) is 9.01. The van der Waals surface area contributed by atoms with Gasteiger partial charge in [-0.2, -0.15) is 0 Å². The van der Waals surface area contributed by atoms with Crippen LogP contribution in [0.15, 0.2) is 212 Å². The van der Waals surface area contributed by atoms with Crippen LogP contribution in [0.4, 0.5) is 0 Å². The van der Waals surface area contributed by atoms with Crippen LogP contribution in [0.1, 0.15) is 74.0 Å². The van der Waals surface area contributed by atoms with E-state index in [0.29, 0.717) is 5.56 Å². The first-order valence-electron chi connectivity index (χ1n) is 25.0. The van der Waals surface area contributed by atoms with Gasteiger partial charge in [-0.15, -0.1) is 0 Å². The normalized spacial score (nSPS) is 24.4. The number of esters is 6. The Bertz CT molecular complexity index is 3130. The second kappa shape index (κ2) is 24.9. The number of benzene rings is 7. The van der Waals surface area contributed by atoms with Gasteiger partial charge >= 0.3 is 35.8 Å². The Morgan fingerprint density at radius 1 is 0.359 bits per heavy atom. The summed E-state index contributed by atoms with van der Waals surface area (Å²) in [5.74, 6) is -5.39. The van der Waals surface area contributed by atoms with E-state index in [2.05, 4.69) is 0 Å². The highest BCUT2D eigenvalue weighted by Crippen LogP contribution is 2.40. The Hall–Kier alpha value is -8.84. The Balaban J connectivity index is 1.10. The summed E-state index contributed by atoms with van der Waals surface area (Å²) in [5, 5.41) is 0. The molecular formula is C61H50O17. The van der Waals surface area contributed by atoms with E-state index >= 15 is 0 Å². The topological polar surface area (TPSA) is 204 Å². The van der Waals surface area contributed by atoms with E-state index in [1.54, 1.807) is 146 Å². The Morgan fingerprint density at radius 2 is 0.718 bits per heavy atom. The molecular weight excluding hydrogens is 1000 g/mol. The summed E-state index contributed by atoms with van der Waals surface area (Å²) in [6, 6.07) is 56.7. The summed E-state index contributed by atoms with van der Waals surface area (Å²) >= 11 is 0. The third kappa shape index (κ3) is 12.5. The lowest BCUT2D eigenvalue weighted by Crippen LogP contribution is -2.68. The highest BCUT2D eigenvalue weighted by molar-refractivity contribution is 5.92. The molecule has 7 aromatic carbocycles. The largest absolute Gasteiger partial charge is 0.459 e. The quantitative estimate of drug-likeness (QED) is 0.0657. The summed E-state index contributed by atoms with van der Waals surface area (Å²) in [6.07, 6.45) is -17.5. The molecule has 3 heterocycles. The zero-order chi connectivity index (χ0) is 53.8. The molecule has 3 saturated heterocycles. The van der Waals surface area contributed by atoms with E-state index in [4.69, 9.17) is 52.1 Å². The molecule has 0 N–H and O–H groups in total. The van der Waals surface area contributed by atoms with Gasteiger partial charge in [-0.25, -0.2) is 28.8 Å². The molecule has 7 aromatic rings. The van der Waals surface area contributed by atoms with Crippen LogP contribution >= 0.6 is 0 Å². The number of carbonyl (C=O) groups excluding carboxylic acids is 6. The molecule has 78 heavy (non-hydrogen) atoms. The number of hydrogen-bond acceptors (Lipinski definition) is 17. The highest BCUT2D eigenvalue weighted by atomic mass is 16.8. The van der Waals surface area contributed by atoms with Crippen molar-refractivity contribution in [1.82, 2.24) is 0 Å². The van der Waals surface area contributed by atoms with E-state index in [1.165, 1.54) is 60.7 Å². The van der Waals surface area contributed by atoms with Crippen molar-refractivity contribution in [2.24, 2.45) is 0 Å². The second-order valence-electron chi connectivity index (χ2n) is 18.0. The van der Waals surface area contributed by atoms with Crippen LogP contribution < -0.4 is 0 Å². The molecule has 17 heteroatoms. The van der Waals surface area contributed by atoms with Gasteiger partial charge in [0.2, 0.25) is 12.4 Å². The predicted molar refractivity (Wildman–Crippen MR) is 273 cm³/mol. The van der Waals surface area contributed by atoms with Crippen LogP contribution in [-0.2, 0) is 52.1 Å². The lowest BCUT2D eigenvalue weighted by Gasteiger charge is -2.50. The predicted octanol–water partition coefficient (Wildman–Crippen LogP) is 8.55. The van der Waals surface area contributed by atoms with Gasteiger partial charge in [0, 0.05) is 5.56 Å². The van der Waals surface area contributed by atoms with Crippen molar-refractivity contribution in [1.29, 1.82) is 0 Å². The number of hydrogen-bond donors (Lipinski definition) is 0. The van der Waals surface area contributed by atoms with Crippen molar-refractivity contribution in [3.63, 3.8) is 0 Å². The van der Waals surface area contributed by atoms with E-state index < -0.39 is 110 Å². The van der Waals surface area contributed by atoms with E-state index in [0.717, 1.165) is 0 Å². The third-order valence-corrected chi connectivity index (χ3v) is 12.9. The van der Waals surface area contributed by atoms with Crippen molar-refractivity contribution in [2.75, 3.05) is 13.2 Å². The molecule has 0 spiro atoms. The summed E-state index contributed by atoms with van der Waals surface area (Å²) in [6.45, 7) is -0.884. The first kappa shape index (κ1) is 52.6. The molecule has 0 radical (unpaired) electrons.